The summed E-state index contributed by atoms with van der Waals surface area (Å²) in [5.74, 6) is -0.123. The average Bonchev–Trinajstić information content (AvgIpc) is 2.91. The Morgan fingerprint density at radius 2 is 1.96 bits per heavy atom. The van der Waals surface area contributed by atoms with Crippen molar-refractivity contribution in [3.63, 3.8) is 0 Å². The Labute approximate surface area is 156 Å². The molecule has 0 aliphatic rings. The van der Waals surface area contributed by atoms with E-state index in [0.29, 0.717) is 21.4 Å². The fraction of sp³-hybridized carbons (Fsp3) is 0.111. The summed E-state index contributed by atoms with van der Waals surface area (Å²) in [4.78, 5) is 29.0. The Balaban J connectivity index is 1.59. The van der Waals surface area contributed by atoms with Gasteiger partial charge in [0, 0.05) is 7.05 Å². The van der Waals surface area contributed by atoms with Crippen molar-refractivity contribution in [2.24, 2.45) is 7.05 Å². The van der Waals surface area contributed by atoms with E-state index >= 15 is 0 Å². The van der Waals surface area contributed by atoms with Gasteiger partial charge in [0.1, 0.15) is 28.6 Å². The molecule has 2 heterocycles. The molecule has 26 heavy (non-hydrogen) atoms. The minimum absolute atomic E-state index is 0.240. The van der Waals surface area contributed by atoms with Crippen molar-refractivity contribution in [2.45, 2.75) is 6.54 Å². The predicted molar refractivity (Wildman–Crippen MR) is 100 cm³/mol. The molecule has 0 bridgehead atoms. The molecule has 0 radical (unpaired) electrons. The highest BCUT2D eigenvalue weighted by molar-refractivity contribution is 9.10. The summed E-state index contributed by atoms with van der Waals surface area (Å²) in [5, 5.41) is 6.46. The number of hydrogen-bond donors (Lipinski definition) is 0. The SMILES string of the molecule is Cn1nc(Br)c2c(=O)n(CC(=O)Oc3ccc4ccccc4c3)cnc21. The zero-order chi connectivity index (χ0) is 18.3. The van der Waals surface area contributed by atoms with Crippen LogP contribution in [0, 0.1) is 0 Å². The van der Waals surface area contributed by atoms with Crippen molar-refractivity contribution in [3.05, 3.63) is 63.7 Å². The number of hydrogen-bond acceptors (Lipinski definition) is 5. The molecule has 0 atom stereocenters. The molecule has 0 saturated heterocycles. The Morgan fingerprint density at radius 1 is 1.19 bits per heavy atom. The van der Waals surface area contributed by atoms with Crippen LogP contribution < -0.4 is 10.3 Å². The van der Waals surface area contributed by atoms with E-state index in [1.54, 1.807) is 19.2 Å². The molecule has 0 amide bonds. The van der Waals surface area contributed by atoms with Gasteiger partial charge in [-0.3, -0.25) is 9.36 Å². The summed E-state index contributed by atoms with van der Waals surface area (Å²) in [7, 11) is 1.69. The second kappa shape index (κ2) is 6.38. The van der Waals surface area contributed by atoms with Crippen LogP contribution in [0.15, 0.2) is 58.2 Å². The van der Waals surface area contributed by atoms with Gasteiger partial charge >= 0.3 is 5.97 Å². The monoisotopic (exact) mass is 412 g/mol. The standard InChI is InChI=1S/C18H13BrN4O3/c1-22-17-15(16(19)21-22)18(25)23(10-20-17)9-14(24)26-13-7-6-11-4-2-3-5-12(11)8-13/h2-8,10H,9H2,1H3. The highest BCUT2D eigenvalue weighted by Gasteiger charge is 2.15. The summed E-state index contributed by atoms with van der Waals surface area (Å²) >= 11 is 3.24. The molecular weight excluding hydrogens is 400 g/mol. The number of aryl methyl sites for hydroxylation is 1. The van der Waals surface area contributed by atoms with Crippen LogP contribution in [0.4, 0.5) is 0 Å². The molecule has 4 aromatic rings. The van der Waals surface area contributed by atoms with Crippen molar-refractivity contribution in [2.75, 3.05) is 0 Å². The van der Waals surface area contributed by atoms with E-state index in [1.165, 1.54) is 15.6 Å². The molecule has 0 fully saturated rings. The lowest BCUT2D eigenvalue weighted by molar-refractivity contribution is -0.135. The van der Waals surface area contributed by atoms with Crippen LogP contribution >= 0.6 is 15.9 Å². The third kappa shape index (κ3) is 2.88. The molecule has 2 aromatic heterocycles. The lowest BCUT2D eigenvalue weighted by Gasteiger charge is -2.07. The highest BCUT2D eigenvalue weighted by atomic mass is 79.9. The first kappa shape index (κ1) is 16.5. The van der Waals surface area contributed by atoms with E-state index in [0.717, 1.165) is 10.8 Å². The first-order chi connectivity index (χ1) is 12.5. The maximum atomic E-state index is 12.6. The number of fused-ring (bicyclic) bond motifs is 2. The third-order valence-corrected chi connectivity index (χ3v) is 4.58. The molecule has 4 rings (SSSR count). The maximum Gasteiger partial charge on any atom is 0.331 e. The first-order valence-corrected chi connectivity index (χ1v) is 8.59. The summed E-state index contributed by atoms with van der Waals surface area (Å²) < 4.78 is 8.47. The van der Waals surface area contributed by atoms with E-state index in [4.69, 9.17) is 4.74 Å². The minimum atomic E-state index is -0.552. The summed E-state index contributed by atoms with van der Waals surface area (Å²) in [6.07, 6.45) is 1.32. The van der Waals surface area contributed by atoms with Crippen molar-refractivity contribution in [1.82, 2.24) is 19.3 Å². The Morgan fingerprint density at radius 3 is 2.77 bits per heavy atom. The van der Waals surface area contributed by atoms with Crippen LogP contribution in [-0.4, -0.2) is 25.3 Å². The number of carbonyl (C=O) groups is 1. The predicted octanol–water partition coefficient (Wildman–Crippen LogP) is 2.65. The lowest BCUT2D eigenvalue weighted by Crippen LogP contribution is -2.27. The van der Waals surface area contributed by atoms with Crippen molar-refractivity contribution in [3.8, 4) is 5.75 Å². The first-order valence-electron chi connectivity index (χ1n) is 7.80. The molecule has 0 saturated carbocycles. The fourth-order valence-electron chi connectivity index (χ4n) is 2.78. The van der Waals surface area contributed by atoms with Gasteiger partial charge in [-0.05, 0) is 38.8 Å². The van der Waals surface area contributed by atoms with E-state index < -0.39 is 5.97 Å². The van der Waals surface area contributed by atoms with Crippen LogP contribution in [0.2, 0.25) is 0 Å². The molecule has 130 valence electrons. The minimum Gasteiger partial charge on any atom is -0.425 e. The Kier molecular flexibility index (Phi) is 4.04. The van der Waals surface area contributed by atoms with Crippen LogP contribution in [-0.2, 0) is 18.4 Å². The molecule has 0 N–H and O–H groups in total. The second-order valence-electron chi connectivity index (χ2n) is 5.77. The van der Waals surface area contributed by atoms with Gasteiger partial charge in [0.15, 0.2) is 5.65 Å². The molecule has 8 heteroatoms. The zero-order valence-corrected chi connectivity index (χ0v) is 15.3. The van der Waals surface area contributed by atoms with Crippen molar-refractivity contribution in [1.29, 1.82) is 0 Å². The number of rotatable bonds is 3. The normalized spacial score (nSPS) is 11.2. The third-order valence-electron chi connectivity index (χ3n) is 4.02. The fourth-order valence-corrected chi connectivity index (χ4v) is 3.37. The smallest absolute Gasteiger partial charge is 0.331 e. The van der Waals surface area contributed by atoms with Crippen molar-refractivity contribution >= 4 is 43.7 Å². The molecule has 7 nitrogen and oxygen atoms in total. The maximum absolute atomic E-state index is 12.6. The van der Waals surface area contributed by atoms with Gasteiger partial charge in [-0.25, -0.2) is 14.5 Å². The summed E-state index contributed by atoms with van der Waals surface area (Å²) in [6.45, 7) is -0.240. The van der Waals surface area contributed by atoms with E-state index in [2.05, 4.69) is 26.0 Å². The highest BCUT2D eigenvalue weighted by Crippen LogP contribution is 2.21. The van der Waals surface area contributed by atoms with Gasteiger partial charge in [0.05, 0.1) is 0 Å². The van der Waals surface area contributed by atoms with Gasteiger partial charge in [0.25, 0.3) is 5.56 Å². The molecular formula is C18H13BrN4O3. The van der Waals surface area contributed by atoms with E-state index in [9.17, 15) is 9.59 Å². The number of esters is 1. The summed E-state index contributed by atoms with van der Waals surface area (Å²) in [6, 6.07) is 13.2. The largest absolute Gasteiger partial charge is 0.425 e. The number of halogens is 1. The number of ether oxygens (including phenoxy) is 1. The van der Waals surface area contributed by atoms with Crippen LogP contribution in [0.3, 0.4) is 0 Å². The molecule has 0 aliphatic carbocycles. The second-order valence-corrected chi connectivity index (χ2v) is 6.52. The van der Waals surface area contributed by atoms with Crippen LogP contribution in [0.25, 0.3) is 21.8 Å². The van der Waals surface area contributed by atoms with E-state index in [1.807, 2.05) is 30.3 Å². The lowest BCUT2D eigenvalue weighted by atomic mass is 10.1. The van der Waals surface area contributed by atoms with Crippen LogP contribution in [0.1, 0.15) is 0 Å². The Hall–Kier alpha value is -3.00. The van der Waals surface area contributed by atoms with Gasteiger partial charge in [-0.15, -0.1) is 0 Å². The van der Waals surface area contributed by atoms with Gasteiger partial charge in [-0.2, -0.15) is 5.10 Å². The number of aromatic nitrogens is 4. The van der Waals surface area contributed by atoms with Gasteiger partial charge in [-0.1, -0.05) is 30.3 Å². The molecule has 0 unspecified atom stereocenters. The van der Waals surface area contributed by atoms with Crippen molar-refractivity contribution < 1.29 is 9.53 Å². The average molecular weight is 413 g/mol. The zero-order valence-electron chi connectivity index (χ0n) is 13.7. The topological polar surface area (TPSA) is 79.0 Å². The molecule has 0 spiro atoms. The number of nitrogens with zero attached hydrogens (tertiary/aromatic N) is 4. The molecule has 2 aromatic carbocycles. The van der Waals surface area contributed by atoms with Crippen LogP contribution in [0.5, 0.6) is 5.75 Å². The quantitative estimate of drug-likeness (QED) is 0.381. The van der Waals surface area contributed by atoms with Gasteiger partial charge in [0.2, 0.25) is 0 Å². The summed E-state index contributed by atoms with van der Waals surface area (Å²) in [5.41, 5.74) is 0.0893. The Bertz CT molecular complexity index is 1210. The number of benzene rings is 2. The van der Waals surface area contributed by atoms with E-state index in [-0.39, 0.29) is 12.1 Å². The number of carbonyl (C=O) groups excluding carboxylic acids is 1. The molecule has 0 aliphatic heterocycles. The van der Waals surface area contributed by atoms with Gasteiger partial charge < -0.3 is 4.74 Å².